The van der Waals surface area contributed by atoms with Gasteiger partial charge < -0.3 is 0 Å². The van der Waals surface area contributed by atoms with Gasteiger partial charge in [-0.05, 0) is 37.6 Å². The van der Waals surface area contributed by atoms with Crippen LogP contribution in [0.1, 0.15) is 21.5 Å². The number of ketones is 1. The third-order valence-electron chi connectivity index (χ3n) is 2.93. The maximum Gasteiger partial charge on any atom is 0.173 e. The summed E-state index contributed by atoms with van der Waals surface area (Å²) in [6.45, 7) is 3.97. The van der Waals surface area contributed by atoms with Crippen molar-refractivity contribution in [3.05, 3.63) is 63.1 Å². The van der Waals surface area contributed by atoms with Crippen molar-refractivity contribution in [1.82, 2.24) is 0 Å². The molecule has 104 valence electrons. The van der Waals surface area contributed by atoms with Crippen LogP contribution in [0.3, 0.4) is 0 Å². The van der Waals surface area contributed by atoms with E-state index < -0.39 is 0 Å². The lowest BCUT2D eigenvalue weighted by molar-refractivity contribution is 0.102. The fourth-order valence-corrected chi connectivity index (χ4v) is 3.31. The molecule has 2 aromatic rings. The van der Waals surface area contributed by atoms with E-state index in [1.807, 2.05) is 32.0 Å². The Morgan fingerprint density at radius 3 is 2.55 bits per heavy atom. The molecule has 2 aromatic carbocycles. The van der Waals surface area contributed by atoms with Gasteiger partial charge in [0.2, 0.25) is 0 Å². The Bertz CT molecular complexity index is 653. The van der Waals surface area contributed by atoms with Gasteiger partial charge in [0, 0.05) is 15.5 Å². The summed E-state index contributed by atoms with van der Waals surface area (Å²) in [6.07, 6.45) is 0. The average molecular weight is 325 g/mol. The highest BCUT2D eigenvalue weighted by Gasteiger charge is 2.11. The Hall–Kier alpha value is -0.960. The van der Waals surface area contributed by atoms with E-state index >= 15 is 0 Å². The van der Waals surface area contributed by atoms with E-state index in [-0.39, 0.29) is 5.78 Å². The first-order chi connectivity index (χ1) is 9.47. The zero-order chi connectivity index (χ0) is 14.7. The molecule has 0 amide bonds. The number of carbonyl (C=O) groups is 1. The maximum absolute atomic E-state index is 12.2. The molecule has 0 aromatic heterocycles. The Labute approximate surface area is 133 Å². The molecular formula is C16H14Cl2OS. The van der Waals surface area contributed by atoms with Gasteiger partial charge in [0.1, 0.15) is 0 Å². The minimum Gasteiger partial charge on any atom is -0.293 e. The number of carbonyl (C=O) groups excluding carboxylic acids is 1. The molecule has 0 saturated carbocycles. The first kappa shape index (κ1) is 15.4. The number of rotatable bonds is 4. The van der Waals surface area contributed by atoms with Gasteiger partial charge in [0.15, 0.2) is 5.78 Å². The highest BCUT2D eigenvalue weighted by atomic mass is 35.5. The first-order valence-electron chi connectivity index (χ1n) is 6.15. The summed E-state index contributed by atoms with van der Waals surface area (Å²) in [5.41, 5.74) is 2.93. The summed E-state index contributed by atoms with van der Waals surface area (Å²) in [6, 6.07) is 11.1. The molecule has 0 N–H and O–H groups in total. The lowest BCUT2D eigenvalue weighted by atomic mass is 10.0. The molecule has 0 heterocycles. The molecule has 0 aliphatic carbocycles. The Balaban J connectivity index is 2.10. The van der Waals surface area contributed by atoms with E-state index in [0.29, 0.717) is 15.8 Å². The summed E-state index contributed by atoms with van der Waals surface area (Å²) in [5.74, 6) is 0.452. The molecule has 0 fully saturated rings. The van der Waals surface area contributed by atoms with Gasteiger partial charge >= 0.3 is 0 Å². The highest BCUT2D eigenvalue weighted by molar-refractivity contribution is 8.00. The van der Waals surface area contributed by atoms with Crippen molar-refractivity contribution in [2.24, 2.45) is 0 Å². The van der Waals surface area contributed by atoms with Gasteiger partial charge in [-0.2, -0.15) is 0 Å². The molecule has 20 heavy (non-hydrogen) atoms. The van der Waals surface area contributed by atoms with E-state index in [4.69, 9.17) is 23.2 Å². The number of thioether (sulfide) groups is 1. The average Bonchev–Trinajstić information content (AvgIpc) is 2.39. The predicted molar refractivity (Wildman–Crippen MR) is 87.4 cm³/mol. The van der Waals surface area contributed by atoms with Crippen LogP contribution in [0.25, 0.3) is 0 Å². The highest BCUT2D eigenvalue weighted by Crippen LogP contribution is 2.30. The number of hydrogen-bond acceptors (Lipinski definition) is 2. The summed E-state index contributed by atoms with van der Waals surface area (Å²) in [5, 5.41) is 1.24. The minimum atomic E-state index is 0.101. The fourth-order valence-electron chi connectivity index (χ4n) is 1.94. The number of halogens is 2. The molecule has 0 radical (unpaired) electrons. The van der Waals surface area contributed by atoms with E-state index in [2.05, 4.69) is 0 Å². The minimum absolute atomic E-state index is 0.101. The fraction of sp³-hybridized carbons (Fsp3) is 0.188. The van der Waals surface area contributed by atoms with Crippen LogP contribution in [0.5, 0.6) is 0 Å². The third-order valence-corrected chi connectivity index (χ3v) is 4.67. The summed E-state index contributed by atoms with van der Waals surface area (Å²) >= 11 is 13.4. The quantitative estimate of drug-likeness (QED) is 0.539. The van der Waals surface area contributed by atoms with Crippen LogP contribution in [-0.2, 0) is 0 Å². The lowest BCUT2D eigenvalue weighted by Crippen LogP contribution is -2.05. The first-order valence-corrected chi connectivity index (χ1v) is 7.90. The standard InChI is InChI=1S/C16H14Cl2OS/c1-10-3-5-13(11(2)7-10)15(19)9-20-16-8-12(17)4-6-14(16)18/h3-8H,9H2,1-2H3. The van der Waals surface area contributed by atoms with Crippen molar-refractivity contribution in [3.8, 4) is 0 Å². The lowest BCUT2D eigenvalue weighted by Gasteiger charge is -2.07. The molecule has 0 unspecified atom stereocenters. The van der Waals surface area contributed by atoms with Crippen LogP contribution in [-0.4, -0.2) is 11.5 Å². The normalized spacial score (nSPS) is 10.6. The SMILES string of the molecule is Cc1ccc(C(=O)CSc2cc(Cl)ccc2Cl)c(C)c1. The van der Waals surface area contributed by atoms with Crippen LogP contribution >= 0.6 is 35.0 Å². The van der Waals surface area contributed by atoms with Crippen LogP contribution in [0.2, 0.25) is 10.0 Å². The van der Waals surface area contributed by atoms with Crippen molar-refractivity contribution < 1.29 is 4.79 Å². The summed E-state index contributed by atoms with van der Waals surface area (Å²) < 4.78 is 0. The second-order valence-corrected chi connectivity index (χ2v) is 6.47. The van der Waals surface area contributed by atoms with Crippen LogP contribution < -0.4 is 0 Å². The molecule has 0 saturated heterocycles. The van der Waals surface area contributed by atoms with Crippen LogP contribution in [0, 0.1) is 13.8 Å². The van der Waals surface area contributed by atoms with Gasteiger partial charge in [-0.15, -0.1) is 11.8 Å². The molecule has 0 aliphatic rings. The predicted octanol–water partition coefficient (Wildman–Crippen LogP) is 5.59. The molecule has 2 rings (SSSR count). The number of Topliss-reactive ketones (excluding diaryl/α,β-unsaturated/α-hetero) is 1. The molecule has 1 nitrogen and oxygen atoms in total. The summed E-state index contributed by atoms with van der Waals surface area (Å²) in [7, 11) is 0. The largest absolute Gasteiger partial charge is 0.293 e. The van der Waals surface area contributed by atoms with E-state index in [9.17, 15) is 4.79 Å². The Morgan fingerprint density at radius 2 is 1.85 bits per heavy atom. The van der Waals surface area contributed by atoms with E-state index in [1.54, 1.807) is 18.2 Å². The monoisotopic (exact) mass is 324 g/mol. The number of aryl methyl sites for hydroxylation is 2. The molecule has 0 atom stereocenters. The molecule has 4 heteroatoms. The second kappa shape index (κ2) is 6.66. The second-order valence-electron chi connectivity index (χ2n) is 4.60. The Morgan fingerprint density at radius 1 is 1.10 bits per heavy atom. The van der Waals surface area contributed by atoms with Gasteiger partial charge in [-0.25, -0.2) is 0 Å². The van der Waals surface area contributed by atoms with E-state index in [1.165, 1.54) is 11.8 Å². The number of benzene rings is 2. The smallest absolute Gasteiger partial charge is 0.173 e. The zero-order valence-electron chi connectivity index (χ0n) is 11.2. The zero-order valence-corrected chi connectivity index (χ0v) is 13.6. The van der Waals surface area contributed by atoms with Crippen LogP contribution in [0.4, 0.5) is 0 Å². The number of hydrogen-bond donors (Lipinski definition) is 0. The molecule has 0 spiro atoms. The van der Waals surface area contributed by atoms with Crippen molar-refractivity contribution in [3.63, 3.8) is 0 Å². The van der Waals surface area contributed by atoms with Crippen molar-refractivity contribution >= 4 is 40.7 Å². The Kier molecular flexibility index (Phi) is 5.14. The van der Waals surface area contributed by atoms with Gasteiger partial charge in [-0.3, -0.25) is 4.79 Å². The van der Waals surface area contributed by atoms with Crippen molar-refractivity contribution in [2.45, 2.75) is 18.7 Å². The van der Waals surface area contributed by atoms with Gasteiger partial charge in [0.05, 0.1) is 10.8 Å². The van der Waals surface area contributed by atoms with Crippen LogP contribution in [0.15, 0.2) is 41.3 Å². The molecular weight excluding hydrogens is 311 g/mol. The van der Waals surface area contributed by atoms with E-state index in [0.717, 1.165) is 21.6 Å². The van der Waals surface area contributed by atoms with Crippen molar-refractivity contribution in [1.29, 1.82) is 0 Å². The van der Waals surface area contributed by atoms with Gasteiger partial charge in [-0.1, -0.05) is 47.0 Å². The van der Waals surface area contributed by atoms with Crippen molar-refractivity contribution in [2.75, 3.05) is 5.75 Å². The summed E-state index contributed by atoms with van der Waals surface area (Å²) in [4.78, 5) is 13.1. The topological polar surface area (TPSA) is 17.1 Å². The maximum atomic E-state index is 12.2. The molecule has 0 bridgehead atoms. The van der Waals surface area contributed by atoms with Gasteiger partial charge in [0.25, 0.3) is 0 Å². The third kappa shape index (κ3) is 3.78. The molecule has 0 aliphatic heterocycles.